The summed E-state index contributed by atoms with van der Waals surface area (Å²) in [5.41, 5.74) is 7.92. The lowest BCUT2D eigenvalue weighted by Gasteiger charge is -2.11. The second-order valence-corrected chi connectivity index (χ2v) is 12.5. The molecule has 4 nitrogen and oxygen atoms in total. The zero-order valence-corrected chi connectivity index (χ0v) is 24.8. The van der Waals surface area contributed by atoms with Gasteiger partial charge in [0.15, 0.2) is 0 Å². The Morgan fingerprint density at radius 3 is 1.82 bits per heavy atom. The predicted molar refractivity (Wildman–Crippen MR) is 187 cm³/mol. The van der Waals surface area contributed by atoms with E-state index in [2.05, 4.69) is 120 Å². The van der Waals surface area contributed by atoms with Crippen molar-refractivity contribution in [3.63, 3.8) is 0 Å². The predicted octanol–water partition coefficient (Wildman–Crippen LogP) is 11.2. The molecule has 0 amide bonds. The van der Waals surface area contributed by atoms with E-state index >= 15 is 0 Å². The molecule has 210 valence electrons. The Bertz CT molecular complexity index is 2700. The van der Waals surface area contributed by atoms with Gasteiger partial charge in [0.1, 0.15) is 11.2 Å². The quantitative estimate of drug-likeness (QED) is 0.205. The highest BCUT2D eigenvalue weighted by atomic mass is 32.1. The Labute approximate surface area is 261 Å². The number of thiophene rings is 1. The van der Waals surface area contributed by atoms with Crippen molar-refractivity contribution in [2.24, 2.45) is 0 Å². The molecular formula is C40H23N3OS. The summed E-state index contributed by atoms with van der Waals surface area (Å²) in [7, 11) is 0. The molecule has 0 saturated heterocycles. The normalized spacial score (nSPS) is 12.0. The first kappa shape index (κ1) is 24.6. The zero-order valence-electron chi connectivity index (χ0n) is 23.9. The van der Waals surface area contributed by atoms with Crippen molar-refractivity contribution in [3.8, 4) is 28.5 Å². The molecule has 5 heteroatoms. The van der Waals surface area contributed by atoms with Gasteiger partial charge in [-0.2, -0.15) is 0 Å². The minimum Gasteiger partial charge on any atom is -0.456 e. The van der Waals surface area contributed by atoms with Gasteiger partial charge in [-0.25, -0.2) is 9.97 Å². The molecule has 0 spiro atoms. The average molecular weight is 594 g/mol. The van der Waals surface area contributed by atoms with Gasteiger partial charge in [-0.3, -0.25) is 4.57 Å². The number of para-hydroxylation sites is 2. The highest BCUT2D eigenvalue weighted by Crippen LogP contribution is 2.43. The molecule has 4 heterocycles. The summed E-state index contributed by atoms with van der Waals surface area (Å²) in [5, 5.41) is 7.11. The average Bonchev–Trinajstić information content (AvgIpc) is 3.75. The van der Waals surface area contributed by atoms with Crippen LogP contribution in [-0.4, -0.2) is 14.5 Å². The molecule has 0 saturated carbocycles. The molecule has 0 radical (unpaired) electrons. The van der Waals surface area contributed by atoms with Crippen molar-refractivity contribution >= 4 is 75.3 Å². The molecule has 0 aliphatic heterocycles. The first-order valence-corrected chi connectivity index (χ1v) is 15.8. The standard InChI is InChI=1S/C40H23N3OS/c1-3-11-24(12-4-1)32-22-33(25-13-5-2-6-14-25)42-40(41-32)43-34-17-9-7-15-26(34)28-19-30-31-20-37-29(27-16-8-10-18-36(27)44-37)21-38(31)45-39(30)23-35(28)43/h1-23H. The van der Waals surface area contributed by atoms with E-state index in [1.54, 1.807) is 0 Å². The second kappa shape index (κ2) is 9.36. The molecule has 10 aromatic rings. The molecule has 10 rings (SSSR count). The number of fused-ring (bicyclic) bond motifs is 9. The fourth-order valence-electron chi connectivity index (χ4n) is 6.72. The van der Waals surface area contributed by atoms with Crippen LogP contribution in [0.1, 0.15) is 0 Å². The molecule has 0 unspecified atom stereocenters. The SMILES string of the molecule is c1ccc(-c2cc(-c3ccccc3)nc(-n3c4ccccc4c4cc5c(cc43)sc3cc4c(cc35)oc3ccccc34)n2)cc1. The third-order valence-electron chi connectivity index (χ3n) is 8.82. The van der Waals surface area contributed by atoms with Crippen LogP contribution in [0, 0.1) is 0 Å². The fourth-order valence-corrected chi connectivity index (χ4v) is 7.86. The number of hydrogen-bond donors (Lipinski definition) is 0. The van der Waals surface area contributed by atoms with Crippen LogP contribution in [0.25, 0.3) is 92.4 Å². The minimum atomic E-state index is 0.658. The van der Waals surface area contributed by atoms with E-state index in [9.17, 15) is 0 Å². The fraction of sp³-hybridized carbons (Fsp3) is 0. The number of benzene rings is 6. The first-order chi connectivity index (χ1) is 22.3. The van der Waals surface area contributed by atoms with Crippen molar-refractivity contribution in [1.29, 1.82) is 0 Å². The Kier molecular flexibility index (Phi) is 5.12. The van der Waals surface area contributed by atoms with Crippen LogP contribution in [0.2, 0.25) is 0 Å². The van der Waals surface area contributed by atoms with E-state index in [4.69, 9.17) is 14.4 Å². The lowest BCUT2D eigenvalue weighted by Crippen LogP contribution is -2.03. The third-order valence-corrected chi connectivity index (χ3v) is 9.93. The van der Waals surface area contributed by atoms with Crippen LogP contribution in [0.4, 0.5) is 0 Å². The van der Waals surface area contributed by atoms with Gasteiger partial charge in [0, 0.05) is 52.8 Å². The topological polar surface area (TPSA) is 43.9 Å². The number of hydrogen-bond acceptors (Lipinski definition) is 4. The summed E-state index contributed by atoms with van der Waals surface area (Å²) < 4.78 is 11.0. The smallest absolute Gasteiger partial charge is 0.235 e. The zero-order chi connectivity index (χ0) is 29.5. The van der Waals surface area contributed by atoms with E-state index in [0.29, 0.717) is 5.95 Å². The Balaban J connectivity index is 1.27. The number of aromatic nitrogens is 3. The maximum Gasteiger partial charge on any atom is 0.235 e. The molecule has 0 aliphatic rings. The summed E-state index contributed by atoms with van der Waals surface area (Å²) in [6, 6.07) is 48.8. The van der Waals surface area contributed by atoms with Crippen LogP contribution in [0.5, 0.6) is 0 Å². The molecule has 0 fully saturated rings. The van der Waals surface area contributed by atoms with E-state index in [0.717, 1.165) is 55.5 Å². The third kappa shape index (κ3) is 3.71. The minimum absolute atomic E-state index is 0.658. The van der Waals surface area contributed by atoms with Crippen molar-refractivity contribution in [3.05, 3.63) is 140 Å². The first-order valence-electron chi connectivity index (χ1n) is 15.0. The maximum absolute atomic E-state index is 6.28. The van der Waals surface area contributed by atoms with Gasteiger partial charge in [0.05, 0.1) is 22.4 Å². The van der Waals surface area contributed by atoms with Gasteiger partial charge in [-0.1, -0.05) is 97.1 Å². The van der Waals surface area contributed by atoms with Crippen LogP contribution >= 0.6 is 11.3 Å². The second-order valence-electron chi connectivity index (χ2n) is 11.4. The summed E-state index contributed by atoms with van der Waals surface area (Å²) >= 11 is 1.82. The molecule has 4 aromatic heterocycles. The van der Waals surface area contributed by atoms with Crippen molar-refractivity contribution in [2.75, 3.05) is 0 Å². The lowest BCUT2D eigenvalue weighted by atomic mass is 10.1. The molecular weight excluding hydrogens is 571 g/mol. The van der Waals surface area contributed by atoms with Gasteiger partial charge >= 0.3 is 0 Å². The number of furan rings is 1. The van der Waals surface area contributed by atoms with E-state index in [1.165, 1.54) is 30.9 Å². The molecule has 45 heavy (non-hydrogen) atoms. The largest absolute Gasteiger partial charge is 0.456 e. The summed E-state index contributed by atoms with van der Waals surface area (Å²) in [4.78, 5) is 10.4. The van der Waals surface area contributed by atoms with Gasteiger partial charge in [0.2, 0.25) is 5.95 Å². The molecule has 0 aliphatic carbocycles. The molecule has 0 N–H and O–H groups in total. The van der Waals surface area contributed by atoms with Crippen LogP contribution in [0.15, 0.2) is 144 Å². The van der Waals surface area contributed by atoms with E-state index < -0.39 is 0 Å². The van der Waals surface area contributed by atoms with Crippen molar-refractivity contribution in [2.45, 2.75) is 0 Å². The van der Waals surface area contributed by atoms with Gasteiger partial charge in [-0.15, -0.1) is 11.3 Å². The summed E-state index contributed by atoms with van der Waals surface area (Å²) in [5.74, 6) is 0.658. The summed E-state index contributed by atoms with van der Waals surface area (Å²) in [6.07, 6.45) is 0. The number of nitrogens with zero attached hydrogens (tertiary/aromatic N) is 3. The Morgan fingerprint density at radius 1 is 0.444 bits per heavy atom. The van der Waals surface area contributed by atoms with Gasteiger partial charge in [0.25, 0.3) is 0 Å². The number of rotatable bonds is 3. The van der Waals surface area contributed by atoms with Crippen LogP contribution < -0.4 is 0 Å². The monoisotopic (exact) mass is 593 g/mol. The van der Waals surface area contributed by atoms with Crippen LogP contribution in [-0.2, 0) is 0 Å². The maximum atomic E-state index is 6.28. The van der Waals surface area contributed by atoms with Gasteiger partial charge < -0.3 is 4.42 Å². The van der Waals surface area contributed by atoms with Crippen molar-refractivity contribution in [1.82, 2.24) is 14.5 Å². The lowest BCUT2D eigenvalue weighted by molar-refractivity contribution is 0.669. The van der Waals surface area contributed by atoms with Crippen molar-refractivity contribution < 1.29 is 4.42 Å². The van der Waals surface area contributed by atoms with E-state index in [-0.39, 0.29) is 0 Å². The highest BCUT2D eigenvalue weighted by Gasteiger charge is 2.19. The Hall–Kier alpha value is -5.78. The van der Waals surface area contributed by atoms with Gasteiger partial charge in [-0.05, 0) is 42.5 Å². The summed E-state index contributed by atoms with van der Waals surface area (Å²) in [6.45, 7) is 0. The molecule has 0 bridgehead atoms. The highest BCUT2D eigenvalue weighted by molar-refractivity contribution is 7.26. The van der Waals surface area contributed by atoms with E-state index in [1.807, 2.05) is 35.6 Å². The molecule has 6 aromatic carbocycles. The Morgan fingerprint density at radius 2 is 1.07 bits per heavy atom. The molecule has 0 atom stereocenters. The van der Waals surface area contributed by atoms with Crippen LogP contribution in [0.3, 0.4) is 0 Å².